The molecule has 14 heavy (non-hydrogen) atoms. The predicted octanol–water partition coefficient (Wildman–Crippen LogP) is 0.562. The molecule has 0 aromatic heterocycles. The lowest BCUT2D eigenvalue weighted by Gasteiger charge is -2.22. The summed E-state index contributed by atoms with van der Waals surface area (Å²) in [5.41, 5.74) is 17.7. The smallest absolute Gasteiger partial charge is 0.160 e. The third kappa shape index (κ3) is 2.10. The number of carbonyl (C=O) groups is 1. The van der Waals surface area contributed by atoms with Crippen LogP contribution in [-0.2, 0) is 5.66 Å². The topological polar surface area (TPSA) is 95.1 Å². The number of rotatable bonds is 2. The van der Waals surface area contributed by atoms with Crippen LogP contribution in [0.25, 0.3) is 0 Å². The Hall–Kier alpha value is -1.39. The molecule has 76 valence electrons. The van der Waals surface area contributed by atoms with Gasteiger partial charge in [0, 0.05) is 11.3 Å². The number of anilines is 1. The normalized spacial score (nSPS) is 11.4. The first-order valence-electron chi connectivity index (χ1n) is 4.31. The minimum Gasteiger partial charge on any atom is -0.399 e. The standard InChI is InChI=1S/C10H15N3O/c1-6(14)8-4-3-7(11)5-9(8)10(2,12)13/h3-5H,11-13H2,1-2H3. The second-order valence-electron chi connectivity index (χ2n) is 3.64. The van der Waals surface area contributed by atoms with Gasteiger partial charge >= 0.3 is 0 Å². The Morgan fingerprint density at radius 1 is 1.36 bits per heavy atom. The van der Waals surface area contributed by atoms with Crippen molar-refractivity contribution >= 4 is 11.5 Å². The Morgan fingerprint density at radius 3 is 2.36 bits per heavy atom. The Balaban J connectivity index is 3.38. The summed E-state index contributed by atoms with van der Waals surface area (Å²) in [6.07, 6.45) is 0. The first-order chi connectivity index (χ1) is 6.32. The average Bonchev–Trinajstić information content (AvgIpc) is 2.01. The molecule has 0 amide bonds. The van der Waals surface area contributed by atoms with Gasteiger partial charge in [-0.25, -0.2) is 0 Å². The van der Waals surface area contributed by atoms with Gasteiger partial charge in [0.25, 0.3) is 0 Å². The Bertz CT molecular complexity index is 366. The largest absolute Gasteiger partial charge is 0.399 e. The molecular weight excluding hydrogens is 178 g/mol. The third-order valence-electron chi connectivity index (χ3n) is 2.00. The minimum atomic E-state index is -1.05. The molecule has 4 heteroatoms. The molecule has 0 unspecified atom stereocenters. The monoisotopic (exact) mass is 193 g/mol. The summed E-state index contributed by atoms with van der Waals surface area (Å²) < 4.78 is 0. The molecular formula is C10H15N3O. The van der Waals surface area contributed by atoms with E-state index in [0.717, 1.165) is 0 Å². The number of ketones is 1. The van der Waals surface area contributed by atoms with E-state index in [-0.39, 0.29) is 5.78 Å². The van der Waals surface area contributed by atoms with Crippen LogP contribution in [0.1, 0.15) is 29.8 Å². The number of nitrogen functional groups attached to an aromatic ring is 1. The maximum atomic E-state index is 11.3. The van der Waals surface area contributed by atoms with Gasteiger partial charge in [0.2, 0.25) is 0 Å². The van der Waals surface area contributed by atoms with Crippen LogP contribution in [0.3, 0.4) is 0 Å². The van der Waals surface area contributed by atoms with Gasteiger partial charge in [-0.3, -0.25) is 4.79 Å². The van der Waals surface area contributed by atoms with Crippen LogP contribution in [-0.4, -0.2) is 5.78 Å². The molecule has 1 rings (SSSR count). The molecule has 0 aliphatic heterocycles. The summed E-state index contributed by atoms with van der Waals surface area (Å²) in [5, 5.41) is 0. The third-order valence-corrected chi connectivity index (χ3v) is 2.00. The quantitative estimate of drug-likeness (QED) is 0.363. The van der Waals surface area contributed by atoms with Gasteiger partial charge in [0.05, 0.1) is 5.66 Å². The molecule has 0 aliphatic carbocycles. The lowest BCUT2D eigenvalue weighted by Crippen LogP contribution is -2.43. The van der Waals surface area contributed by atoms with E-state index in [4.69, 9.17) is 17.2 Å². The summed E-state index contributed by atoms with van der Waals surface area (Å²) in [4.78, 5) is 11.3. The van der Waals surface area contributed by atoms with Crippen LogP contribution in [0, 0.1) is 0 Å². The van der Waals surface area contributed by atoms with Crippen molar-refractivity contribution in [2.24, 2.45) is 11.5 Å². The summed E-state index contributed by atoms with van der Waals surface area (Å²) in [6, 6.07) is 4.94. The van der Waals surface area contributed by atoms with Crippen molar-refractivity contribution in [1.82, 2.24) is 0 Å². The molecule has 0 saturated heterocycles. The molecule has 0 aliphatic rings. The van der Waals surface area contributed by atoms with Gasteiger partial charge < -0.3 is 17.2 Å². The number of hydrogen-bond donors (Lipinski definition) is 3. The highest BCUT2D eigenvalue weighted by Crippen LogP contribution is 2.21. The van der Waals surface area contributed by atoms with E-state index in [1.807, 2.05) is 0 Å². The van der Waals surface area contributed by atoms with Crippen molar-refractivity contribution in [3.05, 3.63) is 29.3 Å². The minimum absolute atomic E-state index is 0.0675. The molecule has 1 aromatic carbocycles. The average molecular weight is 193 g/mol. The highest BCUT2D eigenvalue weighted by atomic mass is 16.1. The second kappa shape index (κ2) is 3.40. The maximum absolute atomic E-state index is 11.3. The number of hydrogen-bond acceptors (Lipinski definition) is 4. The van der Waals surface area contributed by atoms with Gasteiger partial charge in [0.1, 0.15) is 0 Å². The van der Waals surface area contributed by atoms with Crippen LogP contribution >= 0.6 is 0 Å². The molecule has 0 saturated carbocycles. The first kappa shape index (κ1) is 10.7. The van der Waals surface area contributed by atoms with E-state index in [9.17, 15) is 4.79 Å². The fourth-order valence-corrected chi connectivity index (χ4v) is 1.31. The van der Waals surface area contributed by atoms with E-state index in [2.05, 4.69) is 0 Å². The van der Waals surface area contributed by atoms with E-state index < -0.39 is 5.66 Å². The fourth-order valence-electron chi connectivity index (χ4n) is 1.31. The van der Waals surface area contributed by atoms with Crippen molar-refractivity contribution in [2.75, 3.05) is 5.73 Å². The molecule has 0 bridgehead atoms. The zero-order chi connectivity index (χ0) is 10.9. The molecule has 0 heterocycles. The predicted molar refractivity (Wildman–Crippen MR) is 56.6 cm³/mol. The number of nitrogens with two attached hydrogens (primary N) is 3. The van der Waals surface area contributed by atoms with Crippen molar-refractivity contribution < 1.29 is 4.79 Å². The Labute approximate surface area is 83.1 Å². The van der Waals surface area contributed by atoms with Gasteiger partial charge in [-0.1, -0.05) is 0 Å². The van der Waals surface area contributed by atoms with Crippen molar-refractivity contribution in [2.45, 2.75) is 19.5 Å². The summed E-state index contributed by atoms with van der Waals surface area (Å²) >= 11 is 0. The van der Waals surface area contributed by atoms with Crippen molar-refractivity contribution in [3.8, 4) is 0 Å². The van der Waals surface area contributed by atoms with E-state index in [0.29, 0.717) is 16.8 Å². The molecule has 0 spiro atoms. The Kier molecular flexibility index (Phi) is 2.59. The van der Waals surface area contributed by atoms with Gasteiger partial charge in [-0.2, -0.15) is 0 Å². The SMILES string of the molecule is CC(=O)c1ccc(N)cc1C(C)(N)N. The highest BCUT2D eigenvalue weighted by molar-refractivity contribution is 5.96. The van der Waals surface area contributed by atoms with Crippen LogP contribution in [0.15, 0.2) is 18.2 Å². The molecule has 0 atom stereocenters. The summed E-state index contributed by atoms with van der Waals surface area (Å²) in [7, 11) is 0. The van der Waals surface area contributed by atoms with Gasteiger partial charge in [-0.15, -0.1) is 0 Å². The van der Waals surface area contributed by atoms with E-state index >= 15 is 0 Å². The van der Waals surface area contributed by atoms with Crippen molar-refractivity contribution in [1.29, 1.82) is 0 Å². The number of carbonyl (C=O) groups excluding carboxylic acids is 1. The van der Waals surface area contributed by atoms with Crippen LogP contribution in [0.5, 0.6) is 0 Å². The molecule has 6 N–H and O–H groups in total. The van der Waals surface area contributed by atoms with Crippen molar-refractivity contribution in [3.63, 3.8) is 0 Å². The zero-order valence-corrected chi connectivity index (χ0v) is 8.37. The second-order valence-corrected chi connectivity index (χ2v) is 3.64. The number of Topliss-reactive ketones (excluding diaryl/α,β-unsaturated/α-hetero) is 1. The lowest BCUT2D eigenvalue weighted by molar-refractivity contribution is 0.101. The fraction of sp³-hybridized carbons (Fsp3) is 0.300. The van der Waals surface area contributed by atoms with Crippen LogP contribution in [0.2, 0.25) is 0 Å². The van der Waals surface area contributed by atoms with Gasteiger partial charge in [0.15, 0.2) is 5.78 Å². The van der Waals surface area contributed by atoms with Gasteiger partial charge in [-0.05, 0) is 37.6 Å². The maximum Gasteiger partial charge on any atom is 0.160 e. The zero-order valence-electron chi connectivity index (χ0n) is 8.37. The molecule has 0 radical (unpaired) electrons. The first-order valence-corrected chi connectivity index (χ1v) is 4.31. The summed E-state index contributed by atoms with van der Waals surface area (Å²) in [5.74, 6) is -0.0675. The Morgan fingerprint density at radius 2 is 1.93 bits per heavy atom. The molecule has 1 aromatic rings. The lowest BCUT2D eigenvalue weighted by atomic mass is 9.94. The highest BCUT2D eigenvalue weighted by Gasteiger charge is 2.20. The van der Waals surface area contributed by atoms with Crippen LogP contribution in [0.4, 0.5) is 5.69 Å². The molecule has 0 fully saturated rings. The van der Waals surface area contributed by atoms with E-state index in [1.54, 1.807) is 25.1 Å². The van der Waals surface area contributed by atoms with E-state index in [1.165, 1.54) is 6.92 Å². The number of benzene rings is 1. The van der Waals surface area contributed by atoms with Crippen LogP contribution < -0.4 is 17.2 Å². The summed E-state index contributed by atoms with van der Waals surface area (Å²) in [6.45, 7) is 3.11. The molecule has 4 nitrogen and oxygen atoms in total.